The highest BCUT2D eigenvalue weighted by molar-refractivity contribution is 8.00. The first-order chi connectivity index (χ1) is 12.1. The lowest BCUT2D eigenvalue weighted by Gasteiger charge is -2.30. The number of ether oxygens (including phenoxy) is 1. The summed E-state index contributed by atoms with van der Waals surface area (Å²) in [5.74, 6) is 1.46. The zero-order valence-corrected chi connectivity index (χ0v) is 16.0. The van der Waals surface area contributed by atoms with Gasteiger partial charge >= 0.3 is 0 Å². The van der Waals surface area contributed by atoms with E-state index in [0.717, 1.165) is 34.1 Å². The smallest absolute Gasteiger partial charge is 0.233 e. The molecule has 2 aromatic carbocycles. The molecule has 1 aliphatic carbocycles. The van der Waals surface area contributed by atoms with E-state index in [1.165, 1.54) is 0 Å². The van der Waals surface area contributed by atoms with Gasteiger partial charge in [0.05, 0.1) is 18.9 Å². The first kappa shape index (κ1) is 18.2. The van der Waals surface area contributed by atoms with Crippen LogP contribution in [0.4, 0.5) is 0 Å². The van der Waals surface area contributed by atoms with Gasteiger partial charge in [-0.3, -0.25) is 4.79 Å². The predicted molar refractivity (Wildman–Crippen MR) is 103 cm³/mol. The molecule has 5 heteroatoms. The molecule has 25 heavy (non-hydrogen) atoms. The van der Waals surface area contributed by atoms with E-state index in [9.17, 15) is 4.79 Å². The minimum Gasteiger partial charge on any atom is -0.497 e. The molecule has 0 N–H and O–H groups in total. The van der Waals surface area contributed by atoms with E-state index >= 15 is 0 Å². The highest BCUT2D eigenvalue weighted by atomic mass is 35.5. The van der Waals surface area contributed by atoms with Gasteiger partial charge in [-0.2, -0.15) is 0 Å². The Bertz CT molecular complexity index is 713. The summed E-state index contributed by atoms with van der Waals surface area (Å²) in [6.45, 7) is 2.09. The molecule has 3 nitrogen and oxygen atoms in total. The summed E-state index contributed by atoms with van der Waals surface area (Å²) in [4.78, 5) is 16.0. The first-order valence-corrected chi connectivity index (χ1v) is 9.78. The maximum Gasteiger partial charge on any atom is 0.233 e. The molecule has 1 saturated carbocycles. The maximum absolute atomic E-state index is 12.9. The van der Waals surface area contributed by atoms with Gasteiger partial charge in [0, 0.05) is 16.0 Å². The Morgan fingerprint density at radius 3 is 2.40 bits per heavy atom. The van der Waals surface area contributed by atoms with Gasteiger partial charge in [-0.25, -0.2) is 0 Å². The number of benzene rings is 2. The van der Waals surface area contributed by atoms with Crippen LogP contribution in [-0.4, -0.2) is 29.7 Å². The normalized spacial score (nSPS) is 14.8. The van der Waals surface area contributed by atoms with Crippen LogP contribution in [0.1, 0.15) is 31.4 Å². The second kappa shape index (κ2) is 8.15. The molecule has 0 aliphatic heterocycles. The molecule has 0 aromatic heterocycles. The molecule has 1 fully saturated rings. The van der Waals surface area contributed by atoms with Crippen LogP contribution in [0.2, 0.25) is 5.02 Å². The largest absolute Gasteiger partial charge is 0.497 e. The standard InChI is InChI=1S/C20H22ClNO2S/c1-14(15-3-5-16(21)6-4-15)22(17-7-8-17)20(23)13-25-19-11-9-18(24-2)10-12-19/h3-6,9-12,14,17H,7-8,13H2,1-2H3. The van der Waals surface area contributed by atoms with E-state index in [4.69, 9.17) is 16.3 Å². The Morgan fingerprint density at radius 2 is 1.84 bits per heavy atom. The fraction of sp³-hybridized carbons (Fsp3) is 0.350. The molecule has 0 radical (unpaired) electrons. The summed E-state index contributed by atoms with van der Waals surface area (Å²) in [5.41, 5.74) is 1.12. The third-order valence-corrected chi connectivity index (χ3v) is 5.67. The van der Waals surface area contributed by atoms with E-state index in [1.807, 2.05) is 53.4 Å². The van der Waals surface area contributed by atoms with Crippen molar-refractivity contribution >= 4 is 29.3 Å². The fourth-order valence-corrected chi connectivity index (χ4v) is 3.78. The van der Waals surface area contributed by atoms with Crippen molar-refractivity contribution in [2.75, 3.05) is 12.9 Å². The fourth-order valence-electron chi connectivity index (χ4n) is 2.88. The van der Waals surface area contributed by atoms with Crippen molar-refractivity contribution in [1.82, 2.24) is 4.90 Å². The number of halogens is 1. The second-order valence-corrected chi connectivity index (χ2v) is 7.71. The Morgan fingerprint density at radius 1 is 1.20 bits per heavy atom. The third-order valence-electron chi connectivity index (χ3n) is 4.42. The zero-order valence-electron chi connectivity index (χ0n) is 14.4. The molecule has 1 amide bonds. The summed E-state index contributed by atoms with van der Waals surface area (Å²) < 4.78 is 5.17. The Hall–Kier alpha value is -1.65. The molecule has 2 aromatic rings. The number of carbonyl (C=O) groups is 1. The van der Waals surface area contributed by atoms with Crippen LogP contribution in [0.5, 0.6) is 5.75 Å². The van der Waals surface area contributed by atoms with Gasteiger partial charge in [-0.15, -0.1) is 11.8 Å². The highest BCUT2D eigenvalue weighted by Crippen LogP contribution is 2.35. The van der Waals surface area contributed by atoms with Crippen molar-refractivity contribution < 1.29 is 9.53 Å². The zero-order chi connectivity index (χ0) is 17.8. The Kier molecular flexibility index (Phi) is 5.92. The number of rotatable bonds is 7. The number of carbonyl (C=O) groups excluding carboxylic acids is 1. The van der Waals surface area contributed by atoms with Crippen LogP contribution < -0.4 is 4.74 Å². The summed E-state index contributed by atoms with van der Waals surface area (Å²) in [7, 11) is 1.65. The minimum atomic E-state index is 0.0636. The van der Waals surface area contributed by atoms with Crippen molar-refractivity contribution in [3.8, 4) is 5.75 Å². The van der Waals surface area contributed by atoms with Crippen LogP contribution in [0.25, 0.3) is 0 Å². The summed E-state index contributed by atoms with van der Waals surface area (Å²) >= 11 is 7.55. The maximum atomic E-state index is 12.9. The number of nitrogens with zero attached hydrogens (tertiary/aromatic N) is 1. The number of hydrogen-bond donors (Lipinski definition) is 0. The average molecular weight is 376 g/mol. The summed E-state index contributed by atoms with van der Waals surface area (Å²) in [5, 5.41) is 0.718. The van der Waals surface area contributed by atoms with Crippen LogP contribution in [0.15, 0.2) is 53.4 Å². The highest BCUT2D eigenvalue weighted by Gasteiger charge is 2.36. The molecule has 0 heterocycles. The van der Waals surface area contributed by atoms with E-state index < -0.39 is 0 Å². The van der Waals surface area contributed by atoms with Crippen LogP contribution in [-0.2, 0) is 4.79 Å². The molecule has 0 saturated heterocycles. The van der Waals surface area contributed by atoms with Gasteiger partial charge in [-0.05, 0) is 61.7 Å². The Labute approximate surface area is 158 Å². The number of methoxy groups -OCH3 is 1. The van der Waals surface area contributed by atoms with Gasteiger partial charge in [0.25, 0.3) is 0 Å². The topological polar surface area (TPSA) is 29.5 Å². The lowest BCUT2D eigenvalue weighted by atomic mass is 10.1. The molecular formula is C20H22ClNO2S. The molecule has 1 atom stereocenters. The lowest BCUT2D eigenvalue weighted by molar-refractivity contribution is -0.131. The monoisotopic (exact) mass is 375 g/mol. The first-order valence-electron chi connectivity index (χ1n) is 8.42. The molecule has 1 unspecified atom stereocenters. The Balaban J connectivity index is 1.65. The van der Waals surface area contributed by atoms with Crippen molar-refractivity contribution in [2.24, 2.45) is 0 Å². The number of thioether (sulfide) groups is 1. The number of amides is 1. The van der Waals surface area contributed by atoms with Crippen molar-refractivity contribution in [3.63, 3.8) is 0 Å². The quantitative estimate of drug-likeness (QED) is 0.623. The van der Waals surface area contributed by atoms with Gasteiger partial charge in [0.15, 0.2) is 0 Å². The minimum absolute atomic E-state index is 0.0636. The van der Waals surface area contributed by atoms with E-state index in [-0.39, 0.29) is 11.9 Å². The van der Waals surface area contributed by atoms with Crippen molar-refractivity contribution in [3.05, 3.63) is 59.1 Å². The molecule has 3 rings (SSSR count). The molecule has 1 aliphatic rings. The van der Waals surface area contributed by atoms with Crippen LogP contribution in [0, 0.1) is 0 Å². The van der Waals surface area contributed by atoms with Crippen molar-refractivity contribution in [2.45, 2.75) is 36.7 Å². The van der Waals surface area contributed by atoms with Crippen molar-refractivity contribution in [1.29, 1.82) is 0 Å². The summed E-state index contributed by atoms with van der Waals surface area (Å²) in [6.07, 6.45) is 2.19. The van der Waals surface area contributed by atoms with Crippen LogP contribution >= 0.6 is 23.4 Å². The predicted octanol–water partition coefficient (Wildman–Crippen LogP) is 5.19. The lowest BCUT2D eigenvalue weighted by Crippen LogP contribution is -2.36. The summed E-state index contributed by atoms with van der Waals surface area (Å²) in [6, 6.07) is 16.0. The molecule has 132 valence electrons. The van der Waals surface area contributed by atoms with Gasteiger partial charge < -0.3 is 9.64 Å². The third kappa shape index (κ3) is 4.71. The van der Waals surface area contributed by atoms with E-state index in [0.29, 0.717) is 11.8 Å². The van der Waals surface area contributed by atoms with Gasteiger partial charge in [0.2, 0.25) is 5.91 Å². The average Bonchev–Trinajstić information content (AvgIpc) is 3.46. The molecular weight excluding hydrogens is 354 g/mol. The molecule has 0 spiro atoms. The van der Waals surface area contributed by atoms with E-state index in [2.05, 4.69) is 6.92 Å². The van der Waals surface area contributed by atoms with Gasteiger partial charge in [0.1, 0.15) is 5.75 Å². The van der Waals surface area contributed by atoms with Crippen LogP contribution in [0.3, 0.4) is 0 Å². The van der Waals surface area contributed by atoms with Gasteiger partial charge in [-0.1, -0.05) is 23.7 Å². The SMILES string of the molecule is COc1ccc(SCC(=O)N(C2CC2)C(C)c2ccc(Cl)cc2)cc1. The molecule has 0 bridgehead atoms. The number of hydrogen-bond acceptors (Lipinski definition) is 3. The van der Waals surface area contributed by atoms with E-state index in [1.54, 1.807) is 18.9 Å². The second-order valence-electron chi connectivity index (χ2n) is 6.22.